The molecule has 0 aliphatic rings. The minimum absolute atomic E-state index is 0.301. The van der Waals surface area contributed by atoms with Crippen molar-refractivity contribution in [2.75, 3.05) is 18.5 Å². The summed E-state index contributed by atoms with van der Waals surface area (Å²) in [5.74, 6) is -0.906. The van der Waals surface area contributed by atoms with Gasteiger partial charge < -0.3 is 10.0 Å². The first-order valence-corrected chi connectivity index (χ1v) is 5.09. The van der Waals surface area contributed by atoms with E-state index in [4.69, 9.17) is 5.11 Å². The molecule has 0 heterocycles. The van der Waals surface area contributed by atoms with Gasteiger partial charge in [-0.2, -0.15) is 0 Å². The molecular weight excluding hydrogens is 246 g/mol. The Morgan fingerprint density at radius 3 is 2.64 bits per heavy atom. The van der Waals surface area contributed by atoms with Crippen molar-refractivity contribution in [1.82, 2.24) is 0 Å². The Kier molecular flexibility index (Phi) is 3.52. The first-order valence-electron chi connectivity index (χ1n) is 4.29. The van der Waals surface area contributed by atoms with E-state index in [1.165, 1.54) is 0 Å². The van der Waals surface area contributed by atoms with E-state index < -0.39 is 5.97 Å². The second kappa shape index (κ2) is 4.46. The van der Waals surface area contributed by atoms with Crippen LogP contribution in [-0.4, -0.2) is 24.7 Å². The Morgan fingerprint density at radius 1 is 1.50 bits per heavy atom. The molecular formula is C10H12BrNO2. The fourth-order valence-corrected chi connectivity index (χ4v) is 1.58. The van der Waals surface area contributed by atoms with Crippen LogP contribution in [0.5, 0.6) is 0 Å². The number of rotatable bonds is 3. The number of carboxylic acid groups (broad SMARTS) is 1. The van der Waals surface area contributed by atoms with Gasteiger partial charge in [0.1, 0.15) is 0 Å². The minimum atomic E-state index is -0.906. The van der Waals surface area contributed by atoms with E-state index in [9.17, 15) is 4.79 Å². The van der Waals surface area contributed by atoms with Gasteiger partial charge in [0.2, 0.25) is 0 Å². The number of carbonyl (C=O) groups is 1. The van der Waals surface area contributed by atoms with E-state index in [1.54, 1.807) is 12.1 Å². The molecule has 0 radical (unpaired) electrons. The average Bonchev–Trinajstić information content (AvgIpc) is 2.15. The summed E-state index contributed by atoms with van der Waals surface area (Å²) in [6.07, 6.45) is 0. The summed E-state index contributed by atoms with van der Waals surface area (Å²) in [4.78, 5) is 12.8. The van der Waals surface area contributed by atoms with Crippen LogP contribution in [0.4, 0.5) is 5.69 Å². The lowest BCUT2D eigenvalue weighted by Gasteiger charge is -2.17. The number of anilines is 1. The fourth-order valence-electron chi connectivity index (χ4n) is 1.10. The van der Waals surface area contributed by atoms with Crippen molar-refractivity contribution in [2.24, 2.45) is 0 Å². The molecule has 0 unspecified atom stereocenters. The van der Waals surface area contributed by atoms with Crippen LogP contribution in [0.15, 0.2) is 22.7 Å². The topological polar surface area (TPSA) is 40.5 Å². The predicted molar refractivity (Wildman–Crippen MR) is 60.0 cm³/mol. The van der Waals surface area contributed by atoms with Crippen molar-refractivity contribution >= 4 is 27.6 Å². The second-order valence-corrected chi connectivity index (χ2v) is 3.93. The zero-order valence-corrected chi connectivity index (χ0v) is 9.71. The van der Waals surface area contributed by atoms with E-state index >= 15 is 0 Å². The SMILES string of the molecule is CCN(C)c1cc(Br)cc(C(=O)O)c1. The predicted octanol–water partition coefficient (Wildman–Crippen LogP) is 2.60. The summed E-state index contributed by atoms with van der Waals surface area (Å²) in [6.45, 7) is 2.86. The highest BCUT2D eigenvalue weighted by atomic mass is 79.9. The van der Waals surface area contributed by atoms with Crippen molar-refractivity contribution in [3.8, 4) is 0 Å². The molecule has 0 spiro atoms. The van der Waals surface area contributed by atoms with Crippen LogP contribution in [-0.2, 0) is 0 Å². The molecule has 0 bridgehead atoms. The lowest BCUT2D eigenvalue weighted by atomic mass is 10.2. The first kappa shape index (κ1) is 11.0. The zero-order chi connectivity index (χ0) is 10.7. The largest absolute Gasteiger partial charge is 0.478 e. The van der Waals surface area contributed by atoms with Crippen molar-refractivity contribution in [3.05, 3.63) is 28.2 Å². The zero-order valence-electron chi connectivity index (χ0n) is 8.12. The van der Waals surface area contributed by atoms with Crippen molar-refractivity contribution in [1.29, 1.82) is 0 Å². The quantitative estimate of drug-likeness (QED) is 0.905. The van der Waals surface area contributed by atoms with Crippen LogP contribution in [0.2, 0.25) is 0 Å². The summed E-state index contributed by atoms with van der Waals surface area (Å²) in [5, 5.41) is 8.85. The van der Waals surface area contributed by atoms with Gasteiger partial charge in [-0.1, -0.05) is 15.9 Å². The highest BCUT2D eigenvalue weighted by molar-refractivity contribution is 9.10. The molecule has 0 atom stereocenters. The van der Waals surface area contributed by atoms with Gasteiger partial charge in [0.15, 0.2) is 0 Å². The molecule has 3 nitrogen and oxygen atoms in total. The lowest BCUT2D eigenvalue weighted by Crippen LogP contribution is -2.16. The number of halogens is 1. The Morgan fingerprint density at radius 2 is 2.14 bits per heavy atom. The molecule has 1 aromatic rings. The van der Waals surface area contributed by atoms with E-state index in [0.29, 0.717) is 5.56 Å². The Balaban J connectivity index is 3.13. The Bertz CT molecular complexity index is 352. The maximum atomic E-state index is 10.8. The maximum Gasteiger partial charge on any atom is 0.335 e. The summed E-state index contributed by atoms with van der Waals surface area (Å²) in [6, 6.07) is 5.15. The lowest BCUT2D eigenvalue weighted by molar-refractivity contribution is 0.0697. The molecule has 14 heavy (non-hydrogen) atoms. The standard InChI is InChI=1S/C10H12BrNO2/c1-3-12(2)9-5-7(10(13)14)4-8(11)6-9/h4-6H,3H2,1-2H3,(H,13,14). The molecule has 4 heteroatoms. The van der Waals surface area contributed by atoms with Gasteiger partial charge >= 0.3 is 5.97 Å². The average molecular weight is 258 g/mol. The highest BCUT2D eigenvalue weighted by Gasteiger charge is 2.07. The monoisotopic (exact) mass is 257 g/mol. The molecule has 0 saturated carbocycles. The van der Waals surface area contributed by atoms with Gasteiger partial charge in [0.05, 0.1) is 5.56 Å². The third kappa shape index (κ3) is 2.48. The molecule has 0 fully saturated rings. The maximum absolute atomic E-state index is 10.8. The second-order valence-electron chi connectivity index (χ2n) is 3.02. The van der Waals surface area contributed by atoms with Crippen LogP contribution in [0.1, 0.15) is 17.3 Å². The number of benzene rings is 1. The van der Waals surface area contributed by atoms with Crippen molar-refractivity contribution < 1.29 is 9.90 Å². The van der Waals surface area contributed by atoms with Crippen molar-refractivity contribution in [3.63, 3.8) is 0 Å². The molecule has 0 aliphatic heterocycles. The number of carboxylic acids is 1. The Labute approximate surface area is 91.5 Å². The third-order valence-corrected chi connectivity index (χ3v) is 2.50. The summed E-state index contributed by atoms with van der Waals surface area (Å²) < 4.78 is 0.785. The summed E-state index contributed by atoms with van der Waals surface area (Å²) in [5.41, 5.74) is 1.20. The van der Waals surface area contributed by atoms with Gasteiger partial charge in [0.25, 0.3) is 0 Å². The molecule has 1 aromatic carbocycles. The smallest absolute Gasteiger partial charge is 0.335 e. The van der Waals surface area contributed by atoms with Crippen LogP contribution in [0.25, 0.3) is 0 Å². The van der Waals surface area contributed by atoms with Gasteiger partial charge in [-0.05, 0) is 25.1 Å². The highest BCUT2D eigenvalue weighted by Crippen LogP contribution is 2.22. The third-order valence-electron chi connectivity index (χ3n) is 2.04. The number of hydrogen-bond donors (Lipinski definition) is 1. The number of aromatic carboxylic acids is 1. The summed E-state index contributed by atoms with van der Waals surface area (Å²) in [7, 11) is 1.92. The Hall–Kier alpha value is -1.03. The summed E-state index contributed by atoms with van der Waals surface area (Å²) >= 11 is 3.29. The van der Waals surface area contributed by atoms with E-state index in [2.05, 4.69) is 15.9 Å². The molecule has 0 aliphatic carbocycles. The molecule has 0 amide bonds. The fraction of sp³-hybridized carbons (Fsp3) is 0.300. The van der Waals surface area contributed by atoms with Crippen LogP contribution < -0.4 is 4.90 Å². The van der Waals surface area contributed by atoms with E-state index in [-0.39, 0.29) is 0 Å². The van der Waals surface area contributed by atoms with Gasteiger partial charge in [-0.3, -0.25) is 0 Å². The van der Waals surface area contributed by atoms with Crippen LogP contribution >= 0.6 is 15.9 Å². The van der Waals surface area contributed by atoms with Gasteiger partial charge in [0, 0.05) is 23.8 Å². The van der Waals surface area contributed by atoms with Gasteiger partial charge in [-0.15, -0.1) is 0 Å². The molecule has 76 valence electrons. The molecule has 0 aromatic heterocycles. The van der Waals surface area contributed by atoms with Crippen LogP contribution in [0, 0.1) is 0 Å². The first-order chi connectivity index (χ1) is 6.54. The molecule has 1 rings (SSSR count). The number of nitrogens with zero attached hydrogens (tertiary/aromatic N) is 1. The molecule has 0 saturated heterocycles. The molecule has 1 N–H and O–H groups in total. The number of hydrogen-bond acceptors (Lipinski definition) is 2. The van der Waals surface area contributed by atoms with E-state index in [0.717, 1.165) is 16.7 Å². The normalized spacial score (nSPS) is 9.93. The van der Waals surface area contributed by atoms with Crippen LogP contribution in [0.3, 0.4) is 0 Å². The minimum Gasteiger partial charge on any atom is -0.478 e. The van der Waals surface area contributed by atoms with E-state index in [1.807, 2.05) is 24.9 Å². The van der Waals surface area contributed by atoms with Crippen molar-refractivity contribution in [2.45, 2.75) is 6.92 Å². The van der Waals surface area contributed by atoms with Gasteiger partial charge in [-0.25, -0.2) is 4.79 Å².